The molecule has 3 nitrogen and oxygen atoms in total. The molecule has 0 aromatic carbocycles. The lowest BCUT2D eigenvalue weighted by atomic mass is 9.92. The minimum absolute atomic E-state index is 0.0392. The van der Waals surface area contributed by atoms with E-state index in [1.807, 2.05) is 0 Å². The molecule has 2 unspecified atom stereocenters. The first kappa shape index (κ1) is 10.8. The van der Waals surface area contributed by atoms with Gasteiger partial charge in [-0.2, -0.15) is 5.26 Å². The Morgan fingerprint density at radius 3 is 2.81 bits per heavy atom. The molecule has 0 amide bonds. The van der Waals surface area contributed by atoms with Gasteiger partial charge in [0, 0.05) is 18.3 Å². The predicted molar refractivity (Wildman–Crippen MR) is 59.5 cm³/mol. The lowest BCUT2D eigenvalue weighted by Gasteiger charge is -2.08. The number of rotatable bonds is 3. The lowest BCUT2D eigenvalue weighted by Crippen LogP contribution is -2.15. The second-order valence-corrected chi connectivity index (χ2v) is 5.00. The molecule has 16 heavy (non-hydrogen) atoms. The van der Waals surface area contributed by atoms with E-state index in [1.54, 1.807) is 24.5 Å². The predicted octanol–water partition coefficient (Wildman–Crippen LogP) is 2.30. The third-order valence-corrected chi connectivity index (χ3v) is 3.29. The number of Topliss-reactive ketones (excluding diaryl/α,β-unsaturated/α-hetero) is 1. The number of carbonyl (C=O) groups is 1. The van der Waals surface area contributed by atoms with Crippen LogP contribution in [-0.4, -0.2) is 10.8 Å². The van der Waals surface area contributed by atoms with Crippen LogP contribution in [-0.2, 0) is 4.79 Å². The van der Waals surface area contributed by atoms with Crippen LogP contribution in [0.1, 0.15) is 31.7 Å². The molecule has 1 aromatic rings. The number of nitriles is 1. The summed E-state index contributed by atoms with van der Waals surface area (Å²) in [5.41, 5.74) is 0.784. The summed E-state index contributed by atoms with van der Waals surface area (Å²) in [5.74, 6) is -0.571. The number of pyridine rings is 1. The Labute approximate surface area is 95.1 Å². The second-order valence-electron chi connectivity index (χ2n) is 5.00. The molecule has 1 heterocycles. The van der Waals surface area contributed by atoms with Gasteiger partial charge in [-0.15, -0.1) is 0 Å². The normalized spacial score (nSPS) is 23.2. The van der Waals surface area contributed by atoms with Crippen molar-refractivity contribution in [3.8, 4) is 6.07 Å². The maximum atomic E-state index is 12.1. The molecule has 82 valence electrons. The lowest BCUT2D eigenvalue weighted by molar-refractivity contribution is -0.121. The van der Waals surface area contributed by atoms with E-state index < -0.39 is 5.92 Å². The standard InChI is InChI=1S/C13H14N2O/c1-13(2)6-11(13)12(16)10(7-14)9-4-3-5-15-8-9/h3-5,8,10-11H,6H2,1-2H3. The first-order valence-electron chi connectivity index (χ1n) is 5.39. The van der Waals surface area contributed by atoms with E-state index >= 15 is 0 Å². The van der Waals surface area contributed by atoms with Crippen LogP contribution in [0.4, 0.5) is 0 Å². The largest absolute Gasteiger partial charge is 0.298 e. The van der Waals surface area contributed by atoms with Gasteiger partial charge in [0.15, 0.2) is 5.78 Å². The van der Waals surface area contributed by atoms with Crippen LogP contribution in [0.25, 0.3) is 0 Å². The summed E-state index contributed by atoms with van der Waals surface area (Å²) in [7, 11) is 0. The van der Waals surface area contributed by atoms with Crippen molar-refractivity contribution in [1.82, 2.24) is 4.98 Å². The molecule has 0 aliphatic heterocycles. The Bertz CT molecular complexity index is 445. The van der Waals surface area contributed by atoms with Gasteiger partial charge in [-0.1, -0.05) is 19.9 Å². The summed E-state index contributed by atoms with van der Waals surface area (Å²) < 4.78 is 0. The molecule has 2 atom stereocenters. The molecular weight excluding hydrogens is 200 g/mol. The van der Waals surface area contributed by atoms with Crippen LogP contribution in [0, 0.1) is 22.7 Å². The smallest absolute Gasteiger partial charge is 0.158 e. The van der Waals surface area contributed by atoms with Crippen LogP contribution in [0.3, 0.4) is 0 Å². The van der Waals surface area contributed by atoms with Crippen molar-refractivity contribution in [2.75, 3.05) is 0 Å². The quantitative estimate of drug-likeness (QED) is 0.775. The fourth-order valence-electron chi connectivity index (χ4n) is 2.00. The van der Waals surface area contributed by atoms with Crippen molar-refractivity contribution >= 4 is 5.78 Å². The third kappa shape index (κ3) is 1.83. The van der Waals surface area contributed by atoms with Gasteiger partial charge in [-0.25, -0.2) is 0 Å². The summed E-state index contributed by atoms with van der Waals surface area (Å²) in [6.07, 6.45) is 4.13. The summed E-state index contributed by atoms with van der Waals surface area (Å²) in [4.78, 5) is 16.1. The average molecular weight is 214 g/mol. The van der Waals surface area contributed by atoms with E-state index in [-0.39, 0.29) is 17.1 Å². The number of nitrogens with zero attached hydrogens (tertiary/aromatic N) is 2. The van der Waals surface area contributed by atoms with Gasteiger partial charge >= 0.3 is 0 Å². The van der Waals surface area contributed by atoms with Gasteiger partial charge in [-0.3, -0.25) is 9.78 Å². The van der Waals surface area contributed by atoms with E-state index in [0.29, 0.717) is 5.56 Å². The fraction of sp³-hybridized carbons (Fsp3) is 0.462. The van der Waals surface area contributed by atoms with Crippen molar-refractivity contribution < 1.29 is 4.79 Å². The highest BCUT2D eigenvalue weighted by atomic mass is 16.1. The molecule has 1 saturated carbocycles. The molecule has 1 aliphatic rings. The van der Waals surface area contributed by atoms with E-state index in [0.717, 1.165) is 6.42 Å². The average Bonchev–Trinajstić information content (AvgIpc) is 2.90. The zero-order chi connectivity index (χ0) is 11.8. The number of hydrogen-bond donors (Lipinski definition) is 0. The van der Waals surface area contributed by atoms with Crippen LogP contribution < -0.4 is 0 Å². The van der Waals surface area contributed by atoms with Gasteiger partial charge in [0.05, 0.1) is 6.07 Å². The highest BCUT2D eigenvalue weighted by Gasteiger charge is 2.52. The second kappa shape index (κ2) is 3.71. The van der Waals surface area contributed by atoms with Crippen molar-refractivity contribution in [2.45, 2.75) is 26.2 Å². The summed E-state index contributed by atoms with van der Waals surface area (Å²) in [6, 6.07) is 5.63. The number of hydrogen-bond acceptors (Lipinski definition) is 3. The Morgan fingerprint density at radius 1 is 1.69 bits per heavy atom. The van der Waals surface area contributed by atoms with Crippen molar-refractivity contribution in [3.05, 3.63) is 30.1 Å². The summed E-state index contributed by atoms with van der Waals surface area (Å²) in [6.45, 7) is 4.13. The summed E-state index contributed by atoms with van der Waals surface area (Å²) in [5, 5.41) is 9.10. The van der Waals surface area contributed by atoms with Gasteiger partial charge in [0.1, 0.15) is 5.92 Å². The van der Waals surface area contributed by atoms with Gasteiger partial charge in [-0.05, 0) is 23.5 Å². The van der Waals surface area contributed by atoms with Gasteiger partial charge < -0.3 is 0 Å². The number of carbonyl (C=O) groups excluding carboxylic acids is 1. The molecule has 3 heteroatoms. The highest BCUT2D eigenvalue weighted by Crippen LogP contribution is 2.53. The molecule has 0 radical (unpaired) electrons. The molecule has 0 spiro atoms. The molecule has 0 saturated heterocycles. The molecule has 0 bridgehead atoms. The van der Waals surface area contributed by atoms with E-state index in [1.165, 1.54) is 0 Å². The minimum Gasteiger partial charge on any atom is -0.298 e. The zero-order valence-corrected chi connectivity index (χ0v) is 9.47. The van der Waals surface area contributed by atoms with Crippen molar-refractivity contribution in [3.63, 3.8) is 0 Å². The Hall–Kier alpha value is -1.69. The molecule has 0 N–H and O–H groups in total. The minimum atomic E-state index is -0.652. The zero-order valence-electron chi connectivity index (χ0n) is 9.47. The maximum Gasteiger partial charge on any atom is 0.158 e. The SMILES string of the molecule is CC1(C)CC1C(=O)C(C#N)c1cccnc1. The van der Waals surface area contributed by atoms with Gasteiger partial charge in [0.25, 0.3) is 0 Å². The van der Waals surface area contributed by atoms with E-state index in [4.69, 9.17) is 5.26 Å². The number of ketones is 1. The van der Waals surface area contributed by atoms with Crippen molar-refractivity contribution in [2.24, 2.45) is 11.3 Å². The van der Waals surface area contributed by atoms with E-state index in [9.17, 15) is 4.79 Å². The Balaban J connectivity index is 2.20. The number of aromatic nitrogens is 1. The first-order valence-corrected chi connectivity index (χ1v) is 5.39. The van der Waals surface area contributed by atoms with Crippen LogP contribution in [0.5, 0.6) is 0 Å². The van der Waals surface area contributed by atoms with Crippen LogP contribution in [0.15, 0.2) is 24.5 Å². The Morgan fingerprint density at radius 2 is 2.38 bits per heavy atom. The molecule has 1 aliphatic carbocycles. The fourth-order valence-corrected chi connectivity index (χ4v) is 2.00. The van der Waals surface area contributed by atoms with Crippen molar-refractivity contribution in [1.29, 1.82) is 5.26 Å². The molecule has 1 fully saturated rings. The van der Waals surface area contributed by atoms with Crippen LogP contribution in [0.2, 0.25) is 0 Å². The highest BCUT2D eigenvalue weighted by molar-refractivity contribution is 5.92. The summed E-state index contributed by atoms with van der Waals surface area (Å²) >= 11 is 0. The topological polar surface area (TPSA) is 53.8 Å². The van der Waals surface area contributed by atoms with Gasteiger partial charge in [0.2, 0.25) is 0 Å². The Kier molecular flexibility index (Phi) is 2.51. The molecule has 1 aromatic heterocycles. The van der Waals surface area contributed by atoms with Crippen LogP contribution >= 0.6 is 0 Å². The maximum absolute atomic E-state index is 12.1. The molecular formula is C13H14N2O. The molecule has 2 rings (SSSR count). The van der Waals surface area contributed by atoms with E-state index in [2.05, 4.69) is 24.9 Å². The monoisotopic (exact) mass is 214 g/mol. The third-order valence-electron chi connectivity index (χ3n) is 3.29. The first-order chi connectivity index (χ1) is 7.56.